The van der Waals surface area contributed by atoms with Crippen LogP contribution in [0.2, 0.25) is 0 Å². The van der Waals surface area contributed by atoms with E-state index in [2.05, 4.69) is 4.72 Å². The molecule has 1 aromatic heterocycles. The van der Waals surface area contributed by atoms with E-state index in [0.29, 0.717) is 0 Å². The average Bonchev–Trinajstić information content (AvgIpc) is 3.12. The molecule has 4 aromatic rings. The van der Waals surface area contributed by atoms with Crippen molar-refractivity contribution in [3.05, 3.63) is 94.9 Å². The number of carbonyl (C=O) groups is 1. The Balaban J connectivity index is 0.000000160. The van der Waals surface area contributed by atoms with Gasteiger partial charge >= 0.3 is 6.03 Å². The van der Waals surface area contributed by atoms with E-state index in [-0.39, 0.29) is 6.54 Å². The number of para-hydroxylation sites is 2. The van der Waals surface area contributed by atoms with E-state index in [1.807, 2.05) is 90.3 Å². The molecule has 0 saturated carbocycles. The first kappa shape index (κ1) is 22.7. The summed E-state index contributed by atoms with van der Waals surface area (Å²) in [5, 5.41) is 7.86. The molecule has 33 heavy (non-hydrogen) atoms. The molecule has 0 bridgehead atoms. The van der Waals surface area contributed by atoms with Crippen LogP contribution in [0.25, 0.3) is 22.2 Å². The fraction of sp³-hybridized carbons (Fsp3) is 0.0417. The smallest absolute Gasteiger partial charge is 0.323 e. The summed E-state index contributed by atoms with van der Waals surface area (Å²) < 4.78 is 24.9. The molecule has 2 amide bonds. The van der Waals surface area contributed by atoms with Crippen LogP contribution in [0.5, 0.6) is 0 Å². The Morgan fingerprint density at radius 3 is 2.00 bits per heavy atom. The molecular weight excluding hydrogens is 456 g/mol. The number of nitrogens with two attached hydrogens (primary N) is 2. The summed E-state index contributed by atoms with van der Waals surface area (Å²) >= 11 is 1.59. The molecule has 3 aromatic carbocycles. The molecule has 5 rings (SSSR count). The van der Waals surface area contributed by atoms with Gasteiger partial charge in [-0.15, -0.1) is 11.3 Å². The molecule has 0 unspecified atom stereocenters. The van der Waals surface area contributed by atoms with Crippen molar-refractivity contribution >= 4 is 61.2 Å². The Hall–Kier alpha value is -3.50. The minimum Gasteiger partial charge on any atom is -0.351 e. The van der Waals surface area contributed by atoms with E-state index in [9.17, 15) is 13.2 Å². The third kappa shape index (κ3) is 5.29. The summed E-state index contributed by atoms with van der Waals surface area (Å²) in [4.78, 5) is 13.3. The first-order chi connectivity index (χ1) is 15.8. The van der Waals surface area contributed by atoms with Crippen molar-refractivity contribution in [3.8, 4) is 0 Å². The van der Waals surface area contributed by atoms with Crippen LogP contribution in [0, 0.1) is 0 Å². The van der Waals surface area contributed by atoms with E-state index in [1.165, 1.54) is 0 Å². The fourth-order valence-electron chi connectivity index (χ4n) is 3.56. The van der Waals surface area contributed by atoms with Crippen LogP contribution >= 0.6 is 11.3 Å². The van der Waals surface area contributed by atoms with Crippen LogP contribution in [-0.2, 0) is 16.8 Å². The fourth-order valence-corrected chi connectivity index (χ4v) is 4.88. The molecule has 9 heteroatoms. The van der Waals surface area contributed by atoms with Gasteiger partial charge in [-0.1, -0.05) is 66.7 Å². The molecule has 0 saturated heterocycles. The summed E-state index contributed by atoms with van der Waals surface area (Å²) in [7, 11) is -3.61. The van der Waals surface area contributed by atoms with Gasteiger partial charge in [0, 0.05) is 11.2 Å². The van der Waals surface area contributed by atoms with Gasteiger partial charge in [-0.25, -0.2) is 9.93 Å². The predicted molar refractivity (Wildman–Crippen MR) is 135 cm³/mol. The van der Waals surface area contributed by atoms with Gasteiger partial charge in [0.25, 0.3) is 10.2 Å². The van der Waals surface area contributed by atoms with E-state index in [4.69, 9.17) is 10.9 Å². The van der Waals surface area contributed by atoms with Crippen molar-refractivity contribution in [1.82, 2.24) is 4.72 Å². The summed E-state index contributed by atoms with van der Waals surface area (Å²) in [6.45, 7) is 0.239. The van der Waals surface area contributed by atoms with Gasteiger partial charge in [-0.05, 0) is 45.7 Å². The van der Waals surface area contributed by atoms with E-state index in [0.717, 1.165) is 38.2 Å². The first-order valence-corrected chi connectivity index (χ1v) is 12.4. The molecule has 0 spiro atoms. The van der Waals surface area contributed by atoms with E-state index < -0.39 is 16.2 Å². The zero-order valence-corrected chi connectivity index (χ0v) is 19.1. The van der Waals surface area contributed by atoms with Gasteiger partial charge in [0.2, 0.25) is 0 Å². The molecule has 2 heterocycles. The summed E-state index contributed by atoms with van der Waals surface area (Å²) in [5.74, 6) is 0. The summed E-state index contributed by atoms with van der Waals surface area (Å²) in [6.07, 6.45) is 3.99. The molecule has 7 nitrogen and oxygen atoms in total. The number of hydrogen-bond acceptors (Lipinski definition) is 4. The Morgan fingerprint density at radius 1 is 0.879 bits per heavy atom. The van der Waals surface area contributed by atoms with E-state index in [1.54, 1.807) is 16.2 Å². The third-order valence-corrected chi connectivity index (χ3v) is 6.60. The van der Waals surface area contributed by atoms with Gasteiger partial charge in [0.1, 0.15) is 0 Å². The first-order valence-electron chi connectivity index (χ1n) is 10.0. The van der Waals surface area contributed by atoms with E-state index >= 15 is 0 Å². The Bertz CT molecular complexity index is 1400. The van der Waals surface area contributed by atoms with Gasteiger partial charge in [-0.3, -0.25) is 4.90 Å². The second kappa shape index (κ2) is 9.55. The zero-order chi connectivity index (χ0) is 23.4. The lowest BCUT2D eigenvalue weighted by atomic mass is 10.1. The minimum atomic E-state index is -3.61. The lowest BCUT2D eigenvalue weighted by Crippen LogP contribution is -2.32. The van der Waals surface area contributed by atoms with Crippen LogP contribution in [0.3, 0.4) is 0 Å². The zero-order valence-electron chi connectivity index (χ0n) is 17.5. The number of amides is 2. The van der Waals surface area contributed by atoms with Crippen molar-refractivity contribution in [2.24, 2.45) is 10.9 Å². The Morgan fingerprint density at radius 2 is 1.42 bits per heavy atom. The predicted octanol–water partition coefficient (Wildman–Crippen LogP) is 4.58. The van der Waals surface area contributed by atoms with Crippen LogP contribution < -0.4 is 20.5 Å². The van der Waals surface area contributed by atoms with Gasteiger partial charge in [0.05, 0.1) is 11.4 Å². The van der Waals surface area contributed by atoms with Crippen molar-refractivity contribution < 1.29 is 13.2 Å². The topological polar surface area (TPSA) is 119 Å². The highest BCUT2D eigenvalue weighted by Crippen LogP contribution is 2.35. The maximum absolute atomic E-state index is 11.8. The quantitative estimate of drug-likeness (QED) is 0.400. The van der Waals surface area contributed by atoms with Crippen molar-refractivity contribution in [3.63, 3.8) is 0 Å². The number of nitrogens with zero attached hydrogens (tertiary/aromatic N) is 1. The molecule has 0 aliphatic carbocycles. The van der Waals surface area contributed by atoms with Crippen molar-refractivity contribution in [1.29, 1.82) is 0 Å². The number of carbonyl (C=O) groups excluding carboxylic acids is 1. The number of primary amides is 1. The second-order valence-corrected chi connectivity index (χ2v) is 9.54. The van der Waals surface area contributed by atoms with Crippen LogP contribution in [0.1, 0.15) is 16.7 Å². The maximum atomic E-state index is 11.8. The molecule has 168 valence electrons. The maximum Gasteiger partial charge on any atom is 0.323 e. The number of thiophene rings is 1. The number of rotatable bonds is 3. The molecule has 0 fully saturated rings. The minimum absolute atomic E-state index is 0.239. The molecular formula is C24H22N4O3S2. The number of anilines is 2. The number of nitrogens with one attached hydrogen (secondary N) is 1. The molecule has 5 N–H and O–H groups in total. The highest BCUT2D eigenvalue weighted by atomic mass is 32.2. The number of fused-ring (bicyclic) bond motifs is 3. The van der Waals surface area contributed by atoms with Crippen LogP contribution in [-0.4, -0.2) is 14.4 Å². The van der Waals surface area contributed by atoms with Crippen molar-refractivity contribution in [2.75, 3.05) is 4.90 Å². The molecule has 1 aliphatic rings. The normalized spacial score (nSPS) is 12.3. The SMILES string of the molecule is NC(=O)N1c2ccccc2C=Cc2ccccc21.NS(=O)(=O)NCc1csc2ccccc12. The van der Waals surface area contributed by atoms with Crippen LogP contribution in [0.15, 0.2) is 78.2 Å². The largest absolute Gasteiger partial charge is 0.351 e. The number of urea groups is 1. The van der Waals surface area contributed by atoms with Gasteiger partial charge < -0.3 is 5.73 Å². The van der Waals surface area contributed by atoms with Gasteiger partial charge in [0.15, 0.2) is 0 Å². The van der Waals surface area contributed by atoms with Crippen LogP contribution in [0.4, 0.5) is 16.2 Å². The third-order valence-electron chi connectivity index (χ3n) is 5.04. The monoisotopic (exact) mass is 478 g/mol. The summed E-state index contributed by atoms with van der Waals surface area (Å²) in [6, 6.07) is 22.8. The lowest BCUT2D eigenvalue weighted by molar-refractivity contribution is 0.256. The Kier molecular flexibility index (Phi) is 6.57. The Labute approximate surface area is 196 Å². The number of hydrogen-bond donors (Lipinski definition) is 3. The molecule has 0 atom stereocenters. The van der Waals surface area contributed by atoms with Gasteiger partial charge in [-0.2, -0.15) is 13.1 Å². The standard InChI is InChI=1S/C15H12N2O.C9H10N2O2S2/c16-15(18)17-13-7-3-1-5-11(13)9-10-12-6-2-4-8-14(12)17;10-15(12,13)11-5-7-6-14-9-4-2-1-3-8(7)9/h1-10H,(H2,16,18);1-4,6,11H,5H2,(H2,10,12,13). The molecule has 1 aliphatic heterocycles. The highest BCUT2D eigenvalue weighted by molar-refractivity contribution is 7.87. The lowest BCUT2D eigenvalue weighted by Gasteiger charge is -2.22. The number of benzene rings is 3. The average molecular weight is 479 g/mol. The highest BCUT2D eigenvalue weighted by Gasteiger charge is 2.21. The second-order valence-electron chi connectivity index (χ2n) is 7.25. The van der Waals surface area contributed by atoms with Crippen molar-refractivity contribution in [2.45, 2.75) is 6.54 Å². The summed E-state index contributed by atoms with van der Waals surface area (Å²) in [5.41, 5.74) is 10.1. The molecule has 0 radical (unpaired) electrons.